The average Bonchev–Trinajstić information content (AvgIpc) is 2.48. The zero-order chi connectivity index (χ0) is 9.80. The van der Waals surface area contributed by atoms with Crippen LogP contribution in [0.25, 0.3) is 0 Å². The van der Waals surface area contributed by atoms with Crippen LogP contribution in [0.15, 0.2) is 16.7 Å². The lowest BCUT2D eigenvalue weighted by molar-refractivity contribution is 0.341. The second kappa shape index (κ2) is 4.89. The van der Waals surface area contributed by atoms with E-state index in [2.05, 4.69) is 12.2 Å². The maximum Gasteiger partial charge on any atom is 0.116 e. The highest BCUT2D eigenvalue weighted by atomic mass is 32.2. The predicted octanol–water partition coefficient (Wildman–Crippen LogP) is 2.43. The second-order valence-electron chi connectivity index (χ2n) is 3.89. The van der Waals surface area contributed by atoms with Gasteiger partial charge in [0.05, 0.1) is 12.0 Å². The molecule has 0 aliphatic carbocycles. The highest BCUT2D eigenvalue weighted by Crippen LogP contribution is 2.19. The summed E-state index contributed by atoms with van der Waals surface area (Å²) in [6.07, 6.45) is 3.12. The lowest BCUT2D eigenvalue weighted by Gasteiger charge is -2.26. The summed E-state index contributed by atoms with van der Waals surface area (Å²) in [5.41, 5.74) is 1.28. The third-order valence-corrected chi connectivity index (χ3v) is 3.73. The molecular weight excluding hydrogens is 194 g/mol. The van der Waals surface area contributed by atoms with Gasteiger partial charge < -0.3 is 9.73 Å². The Kier molecular flexibility index (Phi) is 3.54. The molecule has 0 atom stereocenters. The fourth-order valence-corrected chi connectivity index (χ4v) is 2.64. The van der Waals surface area contributed by atoms with Gasteiger partial charge >= 0.3 is 0 Å². The van der Waals surface area contributed by atoms with Crippen molar-refractivity contribution in [1.82, 2.24) is 5.32 Å². The molecule has 2 heterocycles. The van der Waals surface area contributed by atoms with Gasteiger partial charge in [-0.25, -0.2) is 0 Å². The van der Waals surface area contributed by atoms with E-state index >= 15 is 0 Å². The van der Waals surface area contributed by atoms with Crippen LogP contribution in [0.1, 0.15) is 17.7 Å². The molecule has 2 nitrogen and oxygen atoms in total. The van der Waals surface area contributed by atoms with Crippen molar-refractivity contribution in [2.24, 2.45) is 5.92 Å². The molecule has 0 bridgehead atoms. The van der Waals surface area contributed by atoms with E-state index in [1.807, 2.05) is 17.8 Å². The summed E-state index contributed by atoms with van der Waals surface area (Å²) >= 11 is 1.98. The minimum atomic E-state index is 0.931. The lowest BCUT2D eigenvalue weighted by Crippen LogP contribution is -2.42. The van der Waals surface area contributed by atoms with Crippen molar-refractivity contribution in [2.75, 3.05) is 18.8 Å². The molecule has 1 fully saturated rings. The molecule has 1 aromatic heterocycles. The standard InChI is InChI=1S/C11H17NOS/c1-9-2-4-13-11(9)8-14-5-3-10-6-12-7-10/h2,4,10,12H,3,5-8H2,1H3. The molecule has 0 unspecified atom stereocenters. The largest absolute Gasteiger partial charge is 0.468 e. The molecule has 0 spiro atoms. The summed E-state index contributed by atoms with van der Waals surface area (Å²) in [4.78, 5) is 0. The van der Waals surface area contributed by atoms with E-state index in [4.69, 9.17) is 4.42 Å². The Morgan fingerprint density at radius 3 is 3.00 bits per heavy atom. The minimum absolute atomic E-state index is 0.931. The zero-order valence-corrected chi connectivity index (χ0v) is 9.40. The average molecular weight is 211 g/mol. The molecule has 0 amide bonds. The SMILES string of the molecule is Cc1ccoc1CSCCC1CNC1. The molecule has 2 rings (SSSR count). The van der Waals surface area contributed by atoms with Crippen molar-refractivity contribution in [2.45, 2.75) is 19.1 Å². The molecule has 1 aliphatic rings. The van der Waals surface area contributed by atoms with Crippen LogP contribution in [-0.4, -0.2) is 18.8 Å². The number of furan rings is 1. The van der Waals surface area contributed by atoms with Crippen LogP contribution in [0.5, 0.6) is 0 Å². The van der Waals surface area contributed by atoms with Crippen molar-refractivity contribution in [1.29, 1.82) is 0 Å². The quantitative estimate of drug-likeness (QED) is 0.757. The van der Waals surface area contributed by atoms with Gasteiger partial charge in [0.15, 0.2) is 0 Å². The van der Waals surface area contributed by atoms with Crippen LogP contribution >= 0.6 is 11.8 Å². The molecule has 1 aromatic rings. The highest BCUT2D eigenvalue weighted by Gasteiger charge is 2.15. The van der Waals surface area contributed by atoms with Crippen molar-refractivity contribution < 1.29 is 4.42 Å². The number of thioether (sulfide) groups is 1. The molecule has 3 heteroatoms. The maximum atomic E-state index is 5.38. The summed E-state index contributed by atoms with van der Waals surface area (Å²) in [6.45, 7) is 4.55. The fourth-order valence-electron chi connectivity index (χ4n) is 1.52. The Bertz CT molecular complexity index is 281. The Balaban J connectivity index is 1.60. The molecular formula is C11H17NOS. The minimum Gasteiger partial charge on any atom is -0.468 e. The molecule has 0 aromatic carbocycles. The lowest BCUT2D eigenvalue weighted by atomic mass is 10.0. The van der Waals surface area contributed by atoms with Gasteiger partial charge in [0, 0.05) is 0 Å². The van der Waals surface area contributed by atoms with Gasteiger partial charge in [-0.05, 0) is 49.7 Å². The van der Waals surface area contributed by atoms with Crippen LogP contribution in [-0.2, 0) is 5.75 Å². The van der Waals surface area contributed by atoms with Gasteiger partial charge in [-0.1, -0.05) is 0 Å². The Morgan fingerprint density at radius 2 is 2.43 bits per heavy atom. The third kappa shape index (κ3) is 2.55. The first-order valence-corrected chi connectivity index (χ1v) is 6.33. The molecule has 0 radical (unpaired) electrons. The van der Waals surface area contributed by atoms with E-state index < -0.39 is 0 Å². The monoisotopic (exact) mass is 211 g/mol. The van der Waals surface area contributed by atoms with Crippen LogP contribution < -0.4 is 5.32 Å². The Labute approximate surface area is 89.4 Å². The van der Waals surface area contributed by atoms with E-state index in [1.54, 1.807) is 6.26 Å². The first-order valence-electron chi connectivity index (χ1n) is 5.17. The first-order chi connectivity index (χ1) is 6.86. The van der Waals surface area contributed by atoms with Crippen LogP contribution in [0.4, 0.5) is 0 Å². The molecule has 14 heavy (non-hydrogen) atoms. The maximum absolute atomic E-state index is 5.38. The van der Waals surface area contributed by atoms with E-state index in [0.29, 0.717) is 0 Å². The predicted molar refractivity (Wildman–Crippen MR) is 60.6 cm³/mol. The summed E-state index contributed by atoms with van der Waals surface area (Å²) < 4.78 is 5.38. The fraction of sp³-hybridized carbons (Fsp3) is 0.636. The third-order valence-electron chi connectivity index (χ3n) is 2.74. The Morgan fingerprint density at radius 1 is 1.57 bits per heavy atom. The van der Waals surface area contributed by atoms with Crippen molar-refractivity contribution in [3.63, 3.8) is 0 Å². The van der Waals surface area contributed by atoms with E-state index in [9.17, 15) is 0 Å². The van der Waals surface area contributed by atoms with Crippen molar-refractivity contribution >= 4 is 11.8 Å². The normalized spacial score (nSPS) is 16.9. The smallest absolute Gasteiger partial charge is 0.116 e. The summed E-state index contributed by atoms with van der Waals surface area (Å²) in [5.74, 6) is 4.35. The van der Waals surface area contributed by atoms with Crippen LogP contribution in [0.2, 0.25) is 0 Å². The van der Waals surface area contributed by atoms with E-state index in [0.717, 1.165) is 17.4 Å². The highest BCUT2D eigenvalue weighted by molar-refractivity contribution is 7.98. The molecule has 1 aliphatic heterocycles. The summed E-state index contributed by atoms with van der Waals surface area (Å²) in [6, 6.07) is 2.03. The van der Waals surface area contributed by atoms with Gasteiger partial charge in [0.25, 0.3) is 0 Å². The Hall–Kier alpha value is -0.410. The van der Waals surface area contributed by atoms with Crippen molar-refractivity contribution in [3.05, 3.63) is 23.7 Å². The number of hydrogen-bond donors (Lipinski definition) is 1. The topological polar surface area (TPSA) is 25.2 Å². The van der Waals surface area contributed by atoms with Gasteiger partial charge in [-0.3, -0.25) is 0 Å². The number of rotatable bonds is 5. The summed E-state index contributed by atoms with van der Waals surface area (Å²) in [5, 5.41) is 3.30. The first kappa shape index (κ1) is 10.1. The van der Waals surface area contributed by atoms with Gasteiger partial charge in [0.1, 0.15) is 5.76 Å². The zero-order valence-electron chi connectivity index (χ0n) is 8.58. The van der Waals surface area contributed by atoms with Gasteiger partial charge in [0.2, 0.25) is 0 Å². The van der Waals surface area contributed by atoms with Gasteiger partial charge in [-0.15, -0.1) is 0 Å². The number of nitrogens with one attached hydrogen (secondary N) is 1. The van der Waals surface area contributed by atoms with E-state index in [1.165, 1.54) is 30.8 Å². The second-order valence-corrected chi connectivity index (χ2v) is 5.00. The molecule has 1 N–H and O–H groups in total. The number of hydrogen-bond acceptors (Lipinski definition) is 3. The van der Waals surface area contributed by atoms with Crippen molar-refractivity contribution in [3.8, 4) is 0 Å². The van der Waals surface area contributed by atoms with E-state index in [-0.39, 0.29) is 0 Å². The molecule has 1 saturated heterocycles. The van der Waals surface area contributed by atoms with Crippen LogP contribution in [0.3, 0.4) is 0 Å². The molecule has 78 valence electrons. The van der Waals surface area contributed by atoms with Crippen LogP contribution in [0, 0.1) is 12.8 Å². The van der Waals surface area contributed by atoms with Gasteiger partial charge in [-0.2, -0.15) is 11.8 Å². The number of aryl methyl sites for hydroxylation is 1. The summed E-state index contributed by atoms with van der Waals surface area (Å²) in [7, 11) is 0. The molecule has 0 saturated carbocycles.